The molecule has 1 aromatic carbocycles. The summed E-state index contributed by atoms with van der Waals surface area (Å²) in [6.07, 6.45) is 0.0640. The van der Waals surface area contributed by atoms with Crippen molar-refractivity contribution in [3.05, 3.63) is 28.2 Å². The molecule has 0 fully saturated rings. The van der Waals surface area contributed by atoms with E-state index in [0.717, 1.165) is 0 Å². The van der Waals surface area contributed by atoms with Crippen LogP contribution in [0.15, 0.2) is 18.2 Å². The predicted octanol–water partition coefficient (Wildman–Crippen LogP) is 4.17. The van der Waals surface area contributed by atoms with Gasteiger partial charge in [0.1, 0.15) is 0 Å². The lowest BCUT2D eigenvalue weighted by Crippen LogP contribution is -2.14. The first-order chi connectivity index (χ1) is 7.61. The Kier molecular flexibility index (Phi) is 5.74. The molecule has 0 heterocycles. The van der Waals surface area contributed by atoms with Crippen LogP contribution in [0.2, 0.25) is 10.0 Å². The van der Waals surface area contributed by atoms with E-state index in [-0.39, 0.29) is 6.61 Å². The molecular weight excluding hydrogens is 272 g/mol. The van der Waals surface area contributed by atoms with Gasteiger partial charge in [-0.25, -0.2) is 4.79 Å². The van der Waals surface area contributed by atoms with Crippen LogP contribution in [0.25, 0.3) is 0 Å². The highest BCUT2D eigenvalue weighted by Gasteiger charge is 2.04. The minimum absolute atomic E-state index is 0.281. The third-order valence-electron chi connectivity index (χ3n) is 1.62. The topological polar surface area (TPSA) is 38.3 Å². The maximum absolute atomic E-state index is 11.2. The molecule has 0 aliphatic heterocycles. The minimum Gasteiger partial charge on any atom is -0.449 e. The van der Waals surface area contributed by atoms with Crippen molar-refractivity contribution in [3.8, 4) is 0 Å². The maximum atomic E-state index is 11.2. The SMILES string of the molecule is O=C(Nc1cc(Cl)cc(Cl)c1)OCCCCl. The van der Waals surface area contributed by atoms with E-state index in [4.69, 9.17) is 39.5 Å². The molecule has 6 heteroatoms. The lowest BCUT2D eigenvalue weighted by molar-refractivity contribution is 0.162. The van der Waals surface area contributed by atoms with E-state index >= 15 is 0 Å². The zero-order valence-electron chi connectivity index (χ0n) is 8.30. The van der Waals surface area contributed by atoms with Crippen molar-refractivity contribution in [2.75, 3.05) is 17.8 Å². The second-order valence-corrected chi connectivity index (χ2v) is 4.21. The molecule has 88 valence electrons. The number of benzene rings is 1. The second kappa shape index (κ2) is 6.84. The van der Waals surface area contributed by atoms with E-state index in [1.165, 1.54) is 0 Å². The number of anilines is 1. The summed E-state index contributed by atoms with van der Waals surface area (Å²) >= 11 is 17.0. The molecule has 0 saturated heterocycles. The Morgan fingerprint density at radius 1 is 1.25 bits per heavy atom. The van der Waals surface area contributed by atoms with Crippen molar-refractivity contribution in [1.82, 2.24) is 0 Å². The highest BCUT2D eigenvalue weighted by atomic mass is 35.5. The number of carbonyl (C=O) groups is 1. The average Bonchev–Trinajstić information content (AvgIpc) is 2.16. The number of ether oxygens (including phenoxy) is 1. The van der Waals surface area contributed by atoms with Crippen LogP contribution in [0.1, 0.15) is 6.42 Å². The Hall–Kier alpha value is -0.640. The van der Waals surface area contributed by atoms with Crippen molar-refractivity contribution in [3.63, 3.8) is 0 Å². The summed E-state index contributed by atoms with van der Waals surface area (Å²) < 4.78 is 4.85. The number of hydrogen-bond donors (Lipinski definition) is 1. The largest absolute Gasteiger partial charge is 0.449 e. The van der Waals surface area contributed by atoms with Gasteiger partial charge in [-0.15, -0.1) is 11.6 Å². The van der Waals surface area contributed by atoms with Gasteiger partial charge in [0.05, 0.1) is 6.61 Å². The minimum atomic E-state index is -0.552. The fraction of sp³-hybridized carbons (Fsp3) is 0.300. The van der Waals surface area contributed by atoms with Gasteiger partial charge in [0.2, 0.25) is 0 Å². The third-order valence-corrected chi connectivity index (χ3v) is 2.32. The van der Waals surface area contributed by atoms with E-state index in [0.29, 0.717) is 28.0 Å². The number of alkyl halides is 1. The Balaban J connectivity index is 2.49. The van der Waals surface area contributed by atoms with Crippen LogP contribution in [0, 0.1) is 0 Å². The Morgan fingerprint density at radius 2 is 1.88 bits per heavy atom. The molecule has 0 aliphatic rings. The zero-order chi connectivity index (χ0) is 12.0. The van der Waals surface area contributed by atoms with E-state index < -0.39 is 6.09 Å². The number of amides is 1. The van der Waals surface area contributed by atoms with Crippen LogP contribution in [0.5, 0.6) is 0 Å². The lowest BCUT2D eigenvalue weighted by Gasteiger charge is -2.06. The van der Waals surface area contributed by atoms with Crippen LogP contribution in [0.3, 0.4) is 0 Å². The van der Waals surface area contributed by atoms with Gasteiger partial charge in [-0.3, -0.25) is 5.32 Å². The summed E-state index contributed by atoms with van der Waals surface area (Å²) in [6.45, 7) is 0.281. The summed E-state index contributed by atoms with van der Waals surface area (Å²) in [5, 5.41) is 3.40. The van der Waals surface area contributed by atoms with Gasteiger partial charge >= 0.3 is 6.09 Å². The molecule has 1 amide bonds. The van der Waals surface area contributed by atoms with E-state index in [1.54, 1.807) is 18.2 Å². The number of hydrogen-bond acceptors (Lipinski definition) is 2. The number of nitrogens with one attached hydrogen (secondary N) is 1. The smallest absolute Gasteiger partial charge is 0.411 e. The summed E-state index contributed by atoms with van der Waals surface area (Å²) in [5.41, 5.74) is 0.494. The molecule has 16 heavy (non-hydrogen) atoms. The van der Waals surface area contributed by atoms with Crippen molar-refractivity contribution in [1.29, 1.82) is 0 Å². The first-order valence-electron chi connectivity index (χ1n) is 4.57. The standard InChI is InChI=1S/C10H10Cl3NO2/c11-2-1-3-16-10(15)14-9-5-7(12)4-8(13)6-9/h4-6H,1-3H2,(H,14,15). The normalized spacial score (nSPS) is 9.94. The molecule has 0 spiro atoms. The van der Waals surface area contributed by atoms with Crippen LogP contribution >= 0.6 is 34.8 Å². The van der Waals surface area contributed by atoms with Crippen molar-refractivity contribution in [2.24, 2.45) is 0 Å². The van der Waals surface area contributed by atoms with Gasteiger partial charge in [0.15, 0.2) is 0 Å². The highest BCUT2D eigenvalue weighted by molar-refractivity contribution is 6.35. The molecule has 0 atom stereocenters. The second-order valence-electron chi connectivity index (χ2n) is 2.96. The Morgan fingerprint density at radius 3 is 2.44 bits per heavy atom. The first-order valence-corrected chi connectivity index (χ1v) is 5.86. The molecule has 0 saturated carbocycles. The molecule has 1 rings (SSSR count). The van der Waals surface area contributed by atoms with Crippen molar-refractivity contribution in [2.45, 2.75) is 6.42 Å². The monoisotopic (exact) mass is 281 g/mol. The van der Waals surface area contributed by atoms with Gasteiger partial charge in [-0.2, -0.15) is 0 Å². The quantitative estimate of drug-likeness (QED) is 0.665. The van der Waals surface area contributed by atoms with Gasteiger partial charge in [-0.1, -0.05) is 23.2 Å². The first kappa shape index (κ1) is 13.4. The fourth-order valence-electron chi connectivity index (χ4n) is 0.999. The van der Waals surface area contributed by atoms with Crippen molar-refractivity contribution >= 4 is 46.6 Å². The highest BCUT2D eigenvalue weighted by Crippen LogP contribution is 2.22. The molecule has 0 aliphatic carbocycles. The van der Waals surface area contributed by atoms with Crippen LogP contribution in [-0.4, -0.2) is 18.6 Å². The molecule has 1 aromatic rings. The van der Waals surface area contributed by atoms with Crippen LogP contribution < -0.4 is 5.32 Å². The summed E-state index contributed by atoms with van der Waals surface area (Å²) in [5.74, 6) is 0.455. The van der Waals surface area contributed by atoms with Gasteiger partial charge in [0.25, 0.3) is 0 Å². The lowest BCUT2D eigenvalue weighted by atomic mass is 10.3. The molecule has 0 unspecified atom stereocenters. The Labute approximate surface area is 109 Å². The summed E-state index contributed by atoms with van der Waals surface area (Å²) in [6, 6.07) is 4.74. The number of halogens is 3. The zero-order valence-corrected chi connectivity index (χ0v) is 10.6. The molecule has 3 nitrogen and oxygen atoms in total. The molecule has 0 bridgehead atoms. The molecular formula is C10H10Cl3NO2. The molecule has 0 aromatic heterocycles. The number of rotatable bonds is 4. The van der Waals surface area contributed by atoms with E-state index in [9.17, 15) is 4.79 Å². The third kappa shape index (κ3) is 4.92. The van der Waals surface area contributed by atoms with E-state index in [1.807, 2.05) is 0 Å². The molecule has 0 radical (unpaired) electrons. The Bertz CT molecular complexity index is 351. The summed E-state index contributed by atoms with van der Waals surface area (Å²) in [4.78, 5) is 11.2. The van der Waals surface area contributed by atoms with E-state index in [2.05, 4.69) is 5.32 Å². The van der Waals surface area contributed by atoms with Crippen LogP contribution in [0.4, 0.5) is 10.5 Å². The average molecular weight is 283 g/mol. The fourth-order valence-corrected chi connectivity index (χ4v) is 1.63. The van der Waals surface area contributed by atoms with Crippen molar-refractivity contribution < 1.29 is 9.53 Å². The van der Waals surface area contributed by atoms with Gasteiger partial charge < -0.3 is 4.74 Å². The van der Waals surface area contributed by atoms with Gasteiger partial charge in [0, 0.05) is 21.6 Å². The maximum Gasteiger partial charge on any atom is 0.411 e. The van der Waals surface area contributed by atoms with Gasteiger partial charge in [-0.05, 0) is 24.6 Å². The summed E-state index contributed by atoms with van der Waals surface area (Å²) in [7, 11) is 0. The predicted molar refractivity (Wildman–Crippen MR) is 66.8 cm³/mol. The molecule has 1 N–H and O–H groups in total. The number of carbonyl (C=O) groups excluding carboxylic acids is 1. The van der Waals surface area contributed by atoms with Crippen LogP contribution in [-0.2, 0) is 4.74 Å².